The van der Waals surface area contributed by atoms with Gasteiger partial charge >= 0.3 is 5.97 Å². The second-order valence-corrected chi connectivity index (χ2v) is 3.11. The van der Waals surface area contributed by atoms with Gasteiger partial charge in [0.05, 0.1) is 0 Å². The molecule has 0 saturated carbocycles. The Balaban J connectivity index is 2.46. The molecule has 0 saturated heterocycles. The number of carbonyl (C=O) groups excluding carboxylic acids is 2. The molecule has 0 aliphatic rings. The van der Waals surface area contributed by atoms with E-state index in [4.69, 9.17) is 4.74 Å². The van der Waals surface area contributed by atoms with Gasteiger partial charge in [0.1, 0.15) is 18.9 Å². The quantitative estimate of drug-likeness (QED) is 0.242. The van der Waals surface area contributed by atoms with Crippen LogP contribution in [-0.4, -0.2) is 24.0 Å². The van der Waals surface area contributed by atoms with Crippen LogP contribution in [0.5, 0.6) is 5.75 Å². The van der Waals surface area contributed by atoms with Gasteiger partial charge in [-0.2, -0.15) is 0 Å². The highest BCUT2D eigenvalue weighted by Gasteiger charge is 2.04. The molecule has 1 aromatic carbocycles. The van der Waals surface area contributed by atoms with Crippen LogP contribution in [0.2, 0.25) is 0 Å². The smallest absolute Gasteiger partial charge is 0.330 e. The van der Waals surface area contributed by atoms with Gasteiger partial charge in [0, 0.05) is 0 Å². The zero-order valence-corrected chi connectivity index (χ0v) is 9.20. The molecule has 1 rings (SSSR count). The highest BCUT2D eigenvalue weighted by atomic mass is 16.9. The number of hydrogen-bond donors (Lipinski definition) is 1. The Labute approximate surface area is 102 Å². The highest BCUT2D eigenvalue weighted by Crippen LogP contribution is 2.12. The molecule has 1 N–H and O–H groups in total. The van der Waals surface area contributed by atoms with E-state index in [1.54, 1.807) is 0 Å². The summed E-state index contributed by atoms with van der Waals surface area (Å²) in [5, 5.41) is 11.2. The number of nitrogens with one attached hydrogen (secondary N) is 1. The van der Waals surface area contributed by atoms with Crippen molar-refractivity contribution in [3.8, 4) is 5.75 Å². The average Bonchev–Trinajstić information content (AvgIpc) is 2.35. The molecule has 0 atom stereocenters. The normalized spacial score (nSPS) is 9.33. The van der Waals surface area contributed by atoms with E-state index in [0.29, 0.717) is 12.0 Å². The Morgan fingerprint density at radius 3 is 2.61 bits per heavy atom. The molecule has 0 aliphatic heterocycles. The Morgan fingerprint density at radius 1 is 1.39 bits per heavy atom. The van der Waals surface area contributed by atoms with Crippen molar-refractivity contribution < 1.29 is 24.3 Å². The van der Waals surface area contributed by atoms with Crippen molar-refractivity contribution in [2.75, 3.05) is 6.54 Å². The number of carbonyl (C=O) groups is 2. The summed E-state index contributed by atoms with van der Waals surface area (Å²) in [6, 6.07) is 5.99. The van der Waals surface area contributed by atoms with Crippen LogP contribution in [-0.2, 0) is 21.0 Å². The maximum absolute atomic E-state index is 11.1. The van der Waals surface area contributed by atoms with Gasteiger partial charge in [0.15, 0.2) is 0 Å². The van der Waals surface area contributed by atoms with Crippen molar-refractivity contribution >= 4 is 12.4 Å². The van der Waals surface area contributed by atoms with Crippen molar-refractivity contribution in [2.45, 2.75) is 6.61 Å². The Bertz CT molecular complexity index is 430. The second kappa shape index (κ2) is 6.84. The molecule has 0 bridgehead atoms. The van der Waals surface area contributed by atoms with E-state index in [9.17, 15) is 19.7 Å². The standard InChI is InChI=1S/C10H10N2O6/c13-7-11-5-10(14)18-9-3-1-8(2-4-9)6-17-12(15)16/h1-4,7H,5-6H2,(H,11,13). The first-order chi connectivity index (χ1) is 8.61. The lowest BCUT2D eigenvalue weighted by molar-refractivity contribution is -0.763. The number of ether oxygens (including phenoxy) is 1. The third kappa shape index (κ3) is 4.92. The van der Waals surface area contributed by atoms with Crippen LogP contribution < -0.4 is 10.1 Å². The minimum atomic E-state index is -0.890. The third-order valence-electron chi connectivity index (χ3n) is 1.82. The number of hydrogen-bond acceptors (Lipinski definition) is 6. The summed E-state index contributed by atoms with van der Waals surface area (Å²) in [4.78, 5) is 35.2. The molecule has 0 aromatic heterocycles. The molecule has 1 amide bonds. The average molecular weight is 254 g/mol. The SMILES string of the molecule is O=CNCC(=O)Oc1ccc(CO[N+](=O)[O-])cc1. The first kappa shape index (κ1) is 13.4. The van der Waals surface area contributed by atoms with Gasteiger partial charge < -0.3 is 14.9 Å². The number of benzene rings is 1. The molecule has 0 radical (unpaired) electrons. The zero-order chi connectivity index (χ0) is 13.4. The first-order valence-corrected chi connectivity index (χ1v) is 4.86. The van der Waals surface area contributed by atoms with Gasteiger partial charge in [0.25, 0.3) is 5.09 Å². The fraction of sp³-hybridized carbons (Fsp3) is 0.200. The van der Waals surface area contributed by atoms with Crippen LogP contribution in [0.4, 0.5) is 0 Å². The van der Waals surface area contributed by atoms with Crippen molar-refractivity contribution in [3.05, 3.63) is 39.9 Å². The fourth-order valence-corrected chi connectivity index (χ4v) is 1.07. The lowest BCUT2D eigenvalue weighted by Crippen LogP contribution is -2.25. The summed E-state index contributed by atoms with van der Waals surface area (Å²) in [6.07, 6.45) is 0.388. The Kier molecular flexibility index (Phi) is 5.10. The molecule has 0 spiro atoms. The van der Waals surface area contributed by atoms with Gasteiger partial charge in [-0.15, -0.1) is 10.1 Å². The number of nitrogens with zero attached hydrogens (tertiary/aromatic N) is 1. The van der Waals surface area contributed by atoms with Crippen molar-refractivity contribution in [3.63, 3.8) is 0 Å². The first-order valence-electron chi connectivity index (χ1n) is 4.86. The van der Waals surface area contributed by atoms with Crippen LogP contribution >= 0.6 is 0 Å². The summed E-state index contributed by atoms with van der Waals surface area (Å²) >= 11 is 0. The number of rotatable bonds is 7. The zero-order valence-electron chi connectivity index (χ0n) is 9.20. The maximum atomic E-state index is 11.1. The van der Waals surface area contributed by atoms with E-state index in [1.165, 1.54) is 24.3 Å². The predicted molar refractivity (Wildman–Crippen MR) is 57.9 cm³/mol. The van der Waals surface area contributed by atoms with E-state index in [-0.39, 0.29) is 18.9 Å². The molecule has 0 fully saturated rings. The lowest BCUT2D eigenvalue weighted by atomic mass is 10.2. The van der Waals surface area contributed by atoms with Crippen molar-refractivity contribution in [1.82, 2.24) is 5.32 Å². The molecular weight excluding hydrogens is 244 g/mol. The molecule has 0 aliphatic carbocycles. The number of amides is 1. The van der Waals surface area contributed by atoms with Crippen molar-refractivity contribution in [2.24, 2.45) is 0 Å². The van der Waals surface area contributed by atoms with Crippen LogP contribution in [0.25, 0.3) is 0 Å². The molecule has 18 heavy (non-hydrogen) atoms. The molecule has 0 heterocycles. The Morgan fingerprint density at radius 2 is 2.06 bits per heavy atom. The molecule has 0 unspecified atom stereocenters. The van der Waals surface area contributed by atoms with E-state index in [0.717, 1.165) is 0 Å². The third-order valence-corrected chi connectivity index (χ3v) is 1.82. The topological polar surface area (TPSA) is 108 Å². The maximum Gasteiger partial charge on any atom is 0.330 e. The van der Waals surface area contributed by atoms with E-state index in [2.05, 4.69) is 10.2 Å². The minimum Gasteiger partial charge on any atom is -0.425 e. The second-order valence-electron chi connectivity index (χ2n) is 3.11. The minimum absolute atomic E-state index is 0.173. The van der Waals surface area contributed by atoms with Crippen LogP contribution in [0.3, 0.4) is 0 Å². The highest BCUT2D eigenvalue weighted by molar-refractivity contribution is 5.76. The lowest BCUT2D eigenvalue weighted by Gasteiger charge is -2.04. The van der Waals surface area contributed by atoms with Crippen LogP contribution in [0.15, 0.2) is 24.3 Å². The van der Waals surface area contributed by atoms with Gasteiger partial charge in [-0.1, -0.05) is 12.1 Å². The molecule has 8 nitrogen and oxygen atoms in total. The number of esters is 1. The van der Waals surface area contributed by atoms with Gasteiger partial charge in [-0.05, 0) is 17.7 Å². The largest absolute Gasteiger partial charge is 0.425 e. The van der Waals surface area contributed by atoms with Crippen LogP contribution in [0.1, 0.15) is 5.56 Å². The summed E-state index contributed by atoms with van der Waals surface area (Å²) in [5.41, 5.74) is 0.567. The van der Waals surface area contributed by atoms with E-state index < -0.39 is 11.1 Å². The predicted octanol–water partition coefficient (Wildman–Crippen LogP) is 0.0463. The van der Waals surface area contributed by atoms with Crippen molar-refractivity contribution in [1.29, 1.82) is 0 Å². The molecule has 1 aromatic rings. The summed E-state index contributed by atoms with van der Waals surface area (Å²) in [6.45, 7) is -0.399. The molecule has 96 valence electrons. The molecular formula is C10H10N2O6. The summed E-state index contributed by atoms with van der Waals surface area (Å²) in [7, 11) is 0. The van der Waals surface area contributed by atoms with Gasteiger partial charge in [-0.25, -0.2) is 4.79 Å². The van der Waals surface area contributed by atoms with E-state index in [1.807, 2.05) is 0 Å². The Hall–Kier alpha value is -2.64. The summed E-state index contributed by atoms with van der Waals surface area (Å²) in [5.74, 6) is -0.339. The van der Waals surface area contributed by atoms with Crippen LogP contribution in [0, 0.1) is 10.1 Å². The van der Waals surface area contributed by atoms with E-state index >= 15 is 0 Å². The van der Waals surface area contributed by atoms with Gasteiger partial charge in [-0.3, -0.25) is 4.79 Å². The summed E-state index contributed by atoms with van der Waals surface area (Å²) < 4.78 is 4.86. The monoisotopic (exact) mass is 254 g/mol. The fourth-order valence-electron chi connectivity index (χ4n) is 1.07. The van der Waals surface area contributed by atoms with Gasteiger partial charge in [0.2, 0.25) is 6.41 Å². The molecule has 8 heteroatoms.